The van der Waals surface area contributed by atoms with Crippen LogP contribution in [0.3, 0.4) is 0 Å². The van der Waals surface area contributed by atoms with Crippen molar-refractivity contribution in [2.75, 3.05) is 7.11 Å². The van der Waals surface area contributed by atoms with Gasteiger partial charge in [-0.05, 0) is 25.8 Å². The number of nitrogens with zero attached hydrogens (tertiary/aromatic N) is 2. The lowest BCUT2D eigenvalue weighted by Gasteiger charge is -2.13. The minimum absolute atomic E-state index is 0.178. The van der Waals surface area contributed by atoms with Crippen molar-refractivity contribution in [3.8, 4) is 0 Å². The summed E-state index contributed by atoms with van der Waals surface area (Å²) in [6, 6.07) is 2.19. The maximum atomic E-state index is 6.01. The third kappa shape index (κ3) is 4.44. The van der Waals surface area contributed by atoms with Crippen LogP contribution in [0, 0.1) is 0 Å². The van der Waals surface area contributed by atoms with Gasteiger partial charge in [-0.25, -0.2) is 0 Å². The Morgan fingerprint density at radius 1 is 1.53 bits per heavy atom. The van der Waals surface area contributed by atoms with Crippen molar-refractivity contribution < 1.29 is 4.74 Å². The monoisotopic (exact) mass is 211 g/mol. The lowest BCUT2D eigenvalue weighted by molar-refractivity contribution is 0.107. The van der Waals surface area contributed by atoms with Gasteiger partial charge in [-0.1, -0.05) is 0 Å². The molecule has 0 spiro atoms. The van der Waals surface area contributed by atoms with E-state index in [4.69, 9.17) is 10.5 Å². The van der Waals surface area contributed by atoms with Crippen LogP contribution in [-0.4, -0.2) is 29.0 Å². The van der Waals surface area contributed by atoms with Crippen molar-refractivity contribution >= 4 is 0 Å². The lowest BCUT2D eigenvalue weighted by Crippen LogP contribution is -2.24. The molecule has 0 aromatic carbocycles. The van der Waals surface area contributed by atoms with Crippen LogP contribution < -0.4 is 5.73 Å². The standard InChI is InChI=1S/C11H21N3O/c1-9(15-3)4-5-10(12)8-11-6-7-14(2)13-11/h6-7,9-10H,4-5,8,12H2,1-3H3. The molecular weight excluding hydrogens is 190 g/mol. The van der Waals surface area contributed by atoms with Gasteiger partial charge >= 0.3 is 0 Å². The Morgan fingerprint density at radius 3 is 2.80 bits per heavy atom. The van der Waals surface area contributed by atoms with E-state index in [-0.39, 0.29) is 6.04 Å². The molecule has 0 saturated heterocycles. The maximum absolute atomic E-state index is 6.01. The van der Waals surface area contributed by atoms with Gasteiger partial charge in [0.2, 0.25) is 0 Å². The number of rotatable bonds is 6. The summed E-state index contributed by atoms with van der Waals surface area (Å²) < 4.78 is 6.98. The summed E-state index contributed by atoms with van der Waals surface area (Å²) in [6.45, 7) is 2.06. The van der Waals surface area contributed by atoms with Gasteiger partial charge in [-0.15, -0.1) is 0 Å². The van der Waals surface area contributed by atoms with Crippen molar-refractivity contribution in [1.29, 1.82) is 0 Å². The quantitative estimate of drug-likeness (QED) is 0.766. The summed E-state index contributed by atoms with van der Waals surface area (Å²) >= 11 is 0. The highest BCUT2D eigenvalue weighted by molar-refractivity contribution is 5.00. The van der Waals surface area contributed by atoms with Crippen LogP contribution in [0.15, 0.2) is 12.3 Å². The van der Waals surface area contributed by atoms with E-state index in [9.17, 15) is 0 Å². The van der Waals surface area contributed by atoms with Gasteiger partial charge in [0, 0.05) is 32.8 Å². The zero-order valence-corrected chi connectivity index (χ0v) is 9.81. The Hall–Kier alpha value is -0.870. The Balaban J connectivity index is 2.27. The zero-order valence-electron chi connectivity index (χ0n) is 9.81. The number of hydrogen-bond donors (Lipinski definition) is 1. The first-order chi connectivity index (χ1) is 7.11. The minimum Gasteiger partial charge on any atom is -0.382 e. The summed E-state index contributed by atoms with van der Waals surface area (Å²) in [5.74, 6) is 0. The molecule has 2 unspecified atom stereocenters. The normalized spacial score (nSPS) is 15.2. The molecule has 4 nitrogen and oxygen atoms in total. The Labute approximate surface area is 91.4 Å². The third-order valence-electron chi connectivity index (χ3n) is 2.59. The van der Waals surface area contributed by atoms with Crippen molar-refractivity contribution in [2.45, 2.75) is 38.3 Å². The largest absolute Gasteiger partial charge is 0.382 e. The summed E-state index contributed by atoms with van der Waals surface area (Å²) in [7, 11) is 3.65. The third-order valence-corrected chi connectivity index (χ3v) is 2.59. The number of aromatic nitrogens is 2. The van der Waals surface area contributed by atoms with Gasteiger partial charge in [0.05, 0.1) is 11.8 Å². The maximum Gasteiger partial charge on any atom is 0.0639 e. The molecule has 0 amide bonds. The van der Waals surface area contributed by atoms with Crippen molar-refractivity contribution in [3.05, 3.63) is 18.0 Å². The van der Waals surface area contributed by atoms with E-state index >= 15 is 0 Å². The second-order valence-electron chi connectivity index (χ2n) is 4.07. The predicted octanol–water partition coefficient (Wildman–Crippen LogP) is 1.10. The summed E-state index contributed by atoms with van der Waals surface area (Å²) in [4.78, 5) is 0. The Kier molecular flexibility index (Phi) is 4.78. The van der Waals surface area contributed by atoms with E-state index in [0.29, 0.717) is 6.10 Å². The molecule has 0 aliphatic heterocycles. The Morgan fingerprint density at radius 2 is 2.27 bits per heavy atom. The minimum atomic E-state index is 0.178. The number of nitrogens with two attached hydrogens (primary N) is 1. The van der Waals surface area contributed by atoms with E-state index < -0.39 is 0 Å². The highest BCUT2D eigenvalue weighted by Gasteiger charge is 2.08. The Bertz CT molecular complexity index is 285. The summed E-state index contributed by atoms with van der Waals surface area (Å²) in [6.07, 6.45) is 5.06. The highest BCUT2D eigenvalue weighted by Crippen LogP contribution is 2.06. The zero-order chi connectivity index (χ0) is 11.3. The van der Waals surface area contributed by atoms with Crippen molar-refractivity contribution in [1.82, 2.24) is 9.78 Å². The molecule has 4 heteroatoms. The molecule has 15 heavy (non-hydrogen) atoms. The van der Waals surface area contributed by atoms with Crippen LogP contribution in [0.4, 0.5) is 0 Å². The summed E-state index contributed by atoms with van der Waals surface area (Å²) in [5.41, 5.74) is 7.08. The average molecular weight is 211 g/mol. The van der Waals surface area contributed by atoms with Gasteiger partial charge in [-0.2, -0.15) is 5.10 Å². The van der Waals surface area contributed by atoms with Crippen LogP contribution in [0.1, 0.15) is 25.5 Å². The smallest absolute Gasteiger partial charge is 0.0639 e. The first-order valence-corrected chi connectivity index (χ1v) is 5.38. The SMILES string of the molecule is COC(C)CCC(N)Cc1ccn(C)n1. The first-order valence-electron chi connectivity index (χ1n) is 5.38. The molecular formula is C11H21N3O. The molecule has 2 N–H and O–H groups in total. The van der Waals surface area contributed by atoms with Gasteiger partial charge in [0.15, 0.2) is 0 Å². The summed E-state index contributed by atoms with van der Waals surface area (Å²) in [5, 5.41) is 4.30. The average Bonchev–Trinajstić information content (AvgIpc) is 2.60. The number of hydrogen-bond acceptors (Lipinski definition) is 3. The van der Waals surface area contributed by atoms with E-state index in [0.717, 1.165) is 25.0 Å². The van der Waals surface area contributed by atoms with Crippen LogP contribution in [0.5, 0.6) is 0 Å². The van der Waals surface area contributed by atoms with E-state index in [1.165, 1.54) is 0 Å². The second kappa shape index (κ2) is 5.88. The fourth-order valence-corrected chi connectivity index (χ4v) is 1.51. The molecule has 0 aliphatic rings. The molecule has 1 aromatic rings. The van der Waals surface area contributed by atoms with Gasteiger partial charge in [-0.3, -0.25) is 4.68 Å². The molecule has 2 atom stereocenters. The van der Waals surface area contributed by atoms with Crippen LogP contribution in [-0.2, 0) is 18.2 Å². The molecule has 0 bridgehead atoms. The molecule has 0 fully saturated rings. The second-order valence-corrected chi connectivity index (χ2v) is 4.07. The highest BCUT2D eigenvalue weighted by atomic mass is 16.5. The fraction of sp³-hybridized carbons (Fsp3) is 0.727. The van der Waals surface area contributed by atoms with Gasteiger partial charge < -0.3 is 10.5 Å². The molecule has 0 radical (unpaired) electrons. The molecule has 0 saturated carbocycles. The number of aryl methyl sites for hydroxylation is 1. The van der Waals surface area contributed by atoms with Crippen molar-refractivity contribution in [2.24, 2.45) is 12.8 Å². The topological polar surface area (TPSA) is 53.1 Å². The molecule has 1 rings (SSSR count). The molecule has 86 valence electrons. The fourth-order valence-electron chi connectivity index (χ4n) is 1.51. The van der Waals surface area contributed by atoms with Gasteiger partial charge in [0.1, 0.15) is 0 Å². The van der Waals surface area contributed by atoms with Crippen LogP contribution in [0.25, 0.3) is 0 Å². The van der Waals surface area contributed by atoms with Crippen molar-refractivity contribution in [3.63, 3.8) is 0 Å². The molecule has 1 heterocycles. The van der Waals surface area contributed by atoms with Gasteiger partial charge in [0.25, 0.3) is 0 Å². The molecule has 1 aromatic heterocycles. The lowest BCUT2D eigenvalue weighted by atomic mass is 10.1. The van der Waals surface area contributed by atoms with E-state index in [1.54, 1.807) is 11.8 Å². The number of ether oxygens (including phenoxy) is 1. The van der Waals surface area contributed by atoms with E-state index in [1.807, 2.05) is 19.3 Å². The first kappa shape index (κ1) is 12.2. The number of methoxy groups -OCH3 is 1. The molecule has 0 aliphatic carbocycles. The van der Waals surface area contributed by atoms with Crippen LogP contribution >= 0.6 is 0 Å². The predicted molar refractivity (Wildman–Crippen MR) is 60.6 cm³/mol. The van der Waals surface area contributed by atoms with E-state index in [2.05, 4.69) is 12.0 Å². The van der Waals surface area contributed by atoms with Crippen LogP contribution in [0.2, 0.25) is 0 Å².